The Morgan fingerprint density at radius 3 is 2.64 bits per heavy atom. The first-order chi connectivity index (χ1) is 10.8. The summed E-state index contributed by atoms with van der Waals surface area (Å²) in [6.45, 7) is 0.631. The fraction of sp³-hybridized carbons (Fsp3) is 0.500. The van der Waals surface area contributed by atoms with Crippen molar-refractivity contribution in [2.75, 3.05) is 0 Å². The molecule has 2 heteroatoms. The molecule has 1 aromatic rings. The topological polar surface area (TPSA) is 38.0 Å². The maximum Gasteiger partial charge on any atom is 0.0322 e. The molecule has 2 nitrogen and oxygen atoms in total. The summed E-state index contributed by atoms with van der Waals surface area (Å²) < 4.78 is 0. The molecule has 0 spiro atoms. The van der Waals surface area contributed by atoms with E-state index in [9.17, 15) is 0 Å². The van der Waals surface area contributed by atoms with Crippen LogP contribution in [0.25, 0.3) is 0 Å². The van der Waals surface area contributed by atoms with Crippen LogP contribution < -0.4 is 11.1 Å². The highest BCUT2D eigenvalue weighted by atomic mass is 15.0. The SMILES string of the molecule is NCc1ccc(C2CCCC3NC4CCCC=C4C=C32)cc1. The zero-order valence-electron chi connectivity index (χ0n) is 13.2. The first kappa shape index (κ1) is 14.2. The molecule has 1 fully saturated rings. The molecular formula is C20H26N2. The highest BCUT2D eigenvalue weighted by Crippen LogP contribution is 2.41. The molecule has 0 amide bonds. The number of benzene rings is 1. The summed E-state index contributed by atoms with van der Waals surface area (Å²) in [5, 5.41) is 3.92. The Bertz CT molecular complexity index is 597. The van der Waals surface area contributed by atoms with E-state index in [2.05, 4.69) is 41.7 Å². The summed E-state index contributed by atoms with van der Waals surface area (Å²) in [5.41, 5.74) is 11.6. The van der Waals surface area contributed by atoms with Gasteiger partial charge in [0, 0.05) is 24.5 Å². The first-order valence-electron chi connectivity index (χ1n) is 8.81. The van der Waals surface area contributed by atoms with Gasteiger partial charge in [-0.3, -0.25) is 0 Å². The Morgan fingerprint density at radius 2 is 1.82 bits per heavy atom. The van der Waals surface area contributed by atoms with Crippen molar-refractivity contribution in [3.63, 3.8) is 0 Å². The number of nitrogens with one attached hydrogen (secondary N) is 1. The van der Waals surface area contributed by atoms with Gasteiger partial charge in [-0.05, 0) is 54.4 Å². The highest BCUT2D eigenvalue weighted by Gasteiger charge is 2.34. The maximum absolute atomic E-state index is 5.73. The van der Waals surface area contributed by atoms with Gasteiger partial charge >= 0.3 is 0 Å². The van der Waals surface area contributed by atoms with Crippen molar-refractivity contribution in [3.05, 3.63) is 58.7 Å². The number of hydrogen-bond acceptors (Lipinski definition) is 2. The Morgan fingerprint density at radius 1 is 1.00 bits per heavy atom. The summed E-state index contributed by atoms with van der Waals surface area (Å²) in [7, 11) is 0. The van der Waals surface area contributed by atoms with Crippen LogP contribution >= 0.6 is 0 Å². The molecule has 3 atom stereocenters. The fourth-order valence-corrected chi connectivity index (χ4v) is 4.40. The van der Waals surface area contributed by atoms with E-state index in [1.54, 1.807) is 11.1 Å². The van der Waals surface area contributed by atoms with Crippen LogP contribution in [0.1, 0.15) is 55.6 Å². The number of fused-ring (bicyclic) bond motifs is 2. The van der Waals surface area contributed by atoms with Crippen LogP contribution in [-0.4, -0.2) is 12.1 Å². The van der Waals surface area contributed by atoms with Crippen LogP contribution in [0.15, 0.2) is 47.6 Å². The van der Waals surface area contributed by atoms with Crippen molar-refractivity contribution in [2.45, 2.75) is 63.1 Å². The Balaban J connectivity index is 1.67. The van der Waals surface area contributed by atoms with Crippen LogP contribution in [0.4, 0.5) is 0 Å². The summed E-state index contributed by atoms with van der Waals surface area (Å²) in [4.78, 5) is 0. The Hall–Kier alpha value is -1.38. The molecule has 116 valence electrons. The molecule has 2 aliphatic carbocycles. The summed E-state index contributed by atoms with van der Waals surface area (Å²) in [5.74, 6) is 0.585. The van der Waals surface area contributed by atoms with Crippen molar-refractivity contribution < 1.29 is 0 Å². The number of rotatable bonds is 2. The molecule has 1 aliphatic heterocycles. The lowest BCUT2D eigenvalue weighted by Gasteiger charge is -2.41. The van der Waals surface area contributed by atoms with Crippen molar-refractivity contribution in [3.8, 4) is 0 Å². The lowest BCUT2D eigenvalue weighted by molar-refractivity contribution is 0.369. The Labute approximate surface area is 133 Å². The predicted molar refractivity (Wildman–Crippen MR) is 91.7 cm³/mol. The van der Waals surface area contributed by atoms with Crippen LogP contribution in [0, 0.1) is 0 Å². The van der Waals surface area contributed by atoms with Gasteiger partial charge in [0.05, 0.1) is 0 Å². The highest BCUT2D eigenvalue weighted by molar-refractivity contribution is 5.43. The molecule has 1 heterocycles. The van der Waals surface area contributed by atoms with Crippen molar-refractivity contribution in [2.24, 2.45) is 5.73 Å². The second-order valence-electron chi connectivity index (χ2n) is 6.98. The second-order valence-corrected chi connectivity index (χ2v) is 6.98. The van der Waals surface area contributed by atoms with Crippen LogP contribution in [-0.2, 0) is 6.54 Å². The van der Waals surface area contributed by atoms with E-state index in [4.69, 9.17) is 5.73 Å². The zero-order chi connectivity index (χ0) is 14.9. The van der Waals surface area contributed by atoms with Gasteiger partial charge < -0.3 is 11.1 Å². The largest absolute Gasteiger partial charge is 0.326 e. The lowest BCUT2D eigenvalue weighted by atomic mass is 9.73. The van der Waals surface area contributed by atoms with Gasteiger partial charge in [-0.2, -0.15) is 0 Å². The molecule has 3 unspecified atom stereocenters. The molecule has 0 saturated heterocycles. The number of hydrogen-bond donors (Lipinski definition) is 2. The smallest absolute Gasteiger partial charge is 0.0322 e. The zero-order valence-corrected chi connectivity index (χ0v) is 13.2. The summed E-state index contributed by atoms with van der Waals surface area (Å²) in [6, 6.07) is 10.2. The molecule has 0 aromatic heterocycles. The van der Waals surface area contributed by atoms with E-state index >= 15 is 0 Å². The van der Waals surface area contributed by atoms with Crippen molar-refractivity contribution in [1.82, 2.24) is 5.32 Å². The van der Waals surface area contributed by atoms with Gasteiger partial charge in [-0.15, -0.1) is 0 Å². The van der Waals surface area contributed by atoms with E-state index in [-0.39, 0.29) is 0 Å². The van der Waals surface area contributed by atoms with E-state index < -0.39 is 0 Å². The van der Waals surface area contributed by atoms with E-state index in [0.29, 0.717) is 24.5 Å². The molecule has 22 heavy (non-hydrogen) atoms. The van der Waals surface area contributed by atoms with Crippen molar-refractivity contribution in [1.29, 1.82) is 0 Å². The molecule has 0 radical (unpaired) electrons. The van der Waals surface area contributed by atoms with Crippen LogP contribution in [0.3, 0.4) is 0 Å². The molecule has 3 aliphatic rings. The van der Waals surface area contributed by atoms with Gasteiger partial charge in [0.15, 0.2) is 0 Å². The molecule has 3 N–H and O–H groups in total. The summed E-state index contributed by atoms with van der Waals surface area (Å²) >= 11 is 0. The third-order valence-corrected chi connectivity index (χ3v) is 5.62. The molecule has 4 rings (SSSR count). The Kier molecular flexibility index (Phi) is 3.89. The normalized spacial score (nSPS) is 30.9. The minimum Gasteiger partial charge on any atom is -0.326 e. The van der Waals surface area contributed by atoms with Gasteiger partial charge in [0.2, 0.25) is 0 Å². The van der Waals surface area contributed by atoms with E-state index in [1.165, 1.54) is 49.7 Å². The monoisotopic (exact) mass is 294 g/mol. The standard InChI is InChI=1S/C20H26N2/c21-13-14-8-10-15(11-9-14)17-5-3-7-20-18(17)12-16-4-1-2-6-19(16)22-20/h4,8-12,17,19-20,22H,1-3,5-7,13,21H2. The summed E-state index contributed by atoms with van der Waals surface area (Å²) in [6.07, 6.45) is 12.8. The minimum atomic E-state index is 0.585. The lowest BCUT2D eigenvalue weighted by Crippen LogP contribution is -2.47. The van der Waals surface area contributed by atoms with Gasteiger partial charge in [-0.1, -0.05) is 42.8 Å². The molecular weight excluding hydrogens is 268 g/mol. The number of nitrogens with two attached hydrogens (primary N) is 1. The average molecular weight is 294 g/mol. The predicted octanol–water partition coefficient (Wildman–Crippen LogP) is 3.79. The second kappa shape index (κ2) is 6.02. The third kappa shape index (κ3) is 2.55. The quantitative estimate of drug-likeness (QED) is 0.871. The van der Waals surface area contributed by atoms with Crippen molar-refractivity contribution >= 4 is 0 Å². The van der Waals surface area contributed by atoms with E-state index in [0.717, 1.165) is 0 Å². The molecule has 1 aromatic carbocycles. The minimum absolute atomic E-state index is 0.585. The fourth-order valence-electron chi connectivity index (χ4n) is 4.40. The first-order valence-corrected chi connectivity index (χ1v) is 8.81. The molecule has 0 bridgehead atoms. The van der Waals surface area contributed by atoms with Crippen LogP contribution in [0.2, 0.25) is 0 Å². The van der Waals surface area contributed by atoms with Crippen LogP contribution in [0.5, 0.6) is 0 Å². The maximum atomic E-state index is 5.73. The van der Waals surface area contributed by atoms with Gasteiger partial charge in [-0.25, -0.2) is 0 Å². The third-order valence-electron chi connectivity index (χ3n) is 5.62. The van der Waals surface area contributed by atoms with Gasteiger partial charge in [0.25, 0.3) is 0 Å². The molecule has 1 saturated carbocycles. The number of allylic oxidation sites excluding steroid dienone is 1. The van der Waals surface area contributed by atoms with E-state index in [1.807, 2.05) is 0 Å². The average Bonchev–Trinajstić information content (AvgIpc) is 2.59. The van der Waals surface area contributed by atoms with Gasteiger partial charge in [0.1, 0.15) is 0 Å².